The van der Waals surface area contributed by atoms with Crippen LogP contribution in [0.15, 0.2) is 29.2 Å². The zero-order valence-corrected chi connectivity index (χ0v) is 14.9. The van der Waals surface area contributed by atoms with E-state index in [4.69, 9.17) is 4.74 Å². The number of aromatic nitrogens is 2. The fourth-order valence-corrected chi connectivity index (χ4v) is 4.51. The molecule has 1 atom stereocenters. The Morgan fingerprint density at radius 1 is 1.38 bits per heavy atom. The van der Waals surface area contributed by atoms with Crippen molar-refractivity contribution in [2.24, 2.45) is 5.92 Å². The Balaban J connectivity index is 1.26. The largest absolute Gasteiger partial charge is 0.372 e. The number of nitrogens with zero attached hydrogens (tertiary/aromatic N) is 3. The third kappa shape index (κ3) is 3.31. The van der Waals surface area contributed by atoms with Crippen LogP contribution < -0.4 is 5.32 Å². The van der Waals surface area contributed by atoms with Crippen molar-refractivity contribution >= 4 is 17.3 Å². The van der Waals surface area contributed by atoms with E-state index < -0.39 is 0 Å². The highest BCUT2D eigenvalue weighted by atomic mass is 32.1. The molecule has 0 aromatic carbocycles. The summed E-state index contributed by atoms with van der Waals surface area (Å²) in [4.78, 5) is 11.1. The molecule has 2 saturated heterocycles. The van der Waals surface area contributed by atoms with Crippen LogP contribution in [-0.2, 0) is 11.3 Å². The van der Waals surface area contributed by atoms with Gasteiger partial charge in [-0.15, -0.1) is 0 Å². The molecule has 0 bridgehead atoms. The third-order valence-electron chi connectivity index (χ3n) is 5.13. The molecule has 0 radical (unpaired) electrons. The number of thiophene rings is 1. The summed E-state index contributed by atoms with van der Waals surface area (Å²) in [5, 5.41) is 7.73. The van der Waals surface area contributed by atoms with Crippen molar-refractivity contribution < 1.29 is 4.74 Å². The molecule has 0 amide bonds. The van der Waals surface area contributed by atoms with Gasteiger partial charge in [-0.1, -0.05) is 0 Å². The van der Waals surface area contributed by atoms with E-state index in [-0.39, 0.29) is 5.60 Å². The Hall–Kier alpha value is -1.50. The molecule has 2 aliphatic rings. The van der Waals surface area contributed by atoms with Gasteiger partial charge in [0.2, 0.25) is 5.95 Å². The van der Waals surface area contributed by atoms with Gasteiger partial charge in [-0.3, -0.25) is 4.90 Å². The molecule has 2 aliphatic heterocycles. The highest BCUT2D eigenvalue weighted by molar-refractivity contribution is 7.07. The minimum absolute atomic E-state index is 0.0891. The SMILES string of the molecule is Cc1cnc(NCC[C@@H]2CCOC23CN(Cc2ccsc2)C3)nc1. The smallest absolute Gasteiger partial charge is 0.222 e. The summed E-state index contributed by atoms with van der Waals surface area (Å²) < 4.78 is 6.16. The average molecular weight is 344 g/mol. The van der Waals surface area contributed by atoms with Crippen LogP contribution in [0.25, 0.3) is 0 Å². The van der Waals surface area contributed by atoms with Gasteiger partial charge in [0.25, 0.3) is 0 Å². The second kappa shape index (κ2) is 6.78. The van der Waals surface area contributed by atoms with Crippen molar-refractivity contribution in [3.63, 3.8) is 0 Å². The first kappa shape index (κ1) is 16.0. The van der Waals surface area contributed by atoms with Crippen molar-refractivity contribution in [3.05, 3.63) is 40.3 Å². The maximum Gasteiger partial charge on any atom is 0.222 e. The average Bonchev–Trinajstić information content (AvgIpc) is 3.19. The number of aryl methyl sites for hydroxylation is 1. The van der Waals surface area contributed by atoms with E-state index in [1.165, 1.54) is 12.0 Å². The quantitative estimate of drug-likeness (QED) is 0.873. The fourth-order valence-electron chi connectivity index (χ4n) is 3.85. The van der Waals surface area contributed by atoms with Crippen LogP contribution in [0.5, 0.6) is 0 Å². The Morgan fingerprint density at radius 3 is 2.96 bits per heavy atom. The molecule has 1 N–H and O–H groups in total. The number of ether oxygens (including phenoxy) is 1. The van der Waals surface area contributed by atoms with E-state index in [0.717, 1.165) is 50.7 Å². The molecule has 5 nitrogen and oxygen atoms in total. The molecule has 128 valence electrons. The Kier molecular flexibility index (Phi) is 4.52. The van der Waals surface area contributed by atoms with Crippen molar-refractivity contribution in [1.29, 1.82) is 0 Å². The van der Waals surface area contributed by atoms with Crippen molar-refractivity contribution in [2.75, 3.05) is 31.6 Å². The van der Waals surface area contributed by atoms with Crippen LogP contribution in [0.4, 0.5) is 5.95 Å². The zero-order valence-electron chi connectivity index (χ0n) is 14.1. The van der Waals surface area contributed by atoms with Crippen LogP contribution >= 0.6 is 11.3 Å². The lowest BCUT2D eigenvalue weighted by Crippen LogP contribution is -2.64. The summed E-state index contributed by atoms with van der Waals surface area (Å²) in [6.45, 7) is 6.99. The second-order valence-corrected chi connectivity index (χ2v) is 7.76. The molecule has 4 rings (SSSR count). The van der Waals surface area contributed by atoms with Gasteiger partial charge >= 0.3 is 0 Å². The number of hydrogen-bond acceptors (Lipinski definition) is 6. The van der Waals surface area contributed by atoms with Crippen LogP contribution in [0.2, 0.25) is 0 Å². The van der Waals surface area contributed by atoms with Crippen molar-refractivity contribution in [3.8, 4) is 0 Å². The van der Waals surface area contributed by atoms with E-state index in [0.29, 0.717) is 5.92 Å². The Bertz CT molecular complexity index is 652. The first-order chi connectivity index (χ1) is 11.7. The van der Waals surface area contributed by atoms with Crippen LogP contribution in [0.3, 0.4) is 0 Å². The molecular weight excluding hydrogens is 320 g/mol. The predicted octanol–water partition coefficient (Wildman–Crippen LogP) is 2.94. The van der Waals surface area contributed by atoms with Gasteiger partial charge in [-0.2, -0.15) is 11.3 Å². The maximum absolute atomic E-state index is 6.16. The van der Waals surface area contributed by atoms with E-state index in [9.17, 15) is 0 Å². The van der Waals surface area contributed by atoms with Gasteiger partial charge in [0.15, 0.2) is 0 Å². The van der Waals surface area contributed by atoms with Crippen LogP contribution in [0, 0.1) is 12.8 Å². The normalized spacial score (nSPS) is 22.6. The van der Waals surface area contributed by atoms with Crippen LogP contribution in [-0.4, -0.2) is 46.7 Å². The summed E-state index contributed by atoms with van der Waals surface area (Å²) in [7, 11) is 0. The minimum atomic E-state index is 0.0891. The third-order valence-corrected chi connectivity index (χ3v) is 5.86. The summed E-state index contributed by atoms with van der Waals surface area (Å²) in [6, 6.07) is 2.22. The standard InChI is InChI=1S/C18H24N4OS/c1-14-8-20-17(21-9-14)19-5-2-16-3-6-23-18(16)12-22(13-18)10-15-4-7-24-11-15/h4,7-9,11,16H,2-3,5-6,10,12-13H2,1H3,(H,19,20,21)/t16-/m1/s1. The predicted molar refractivity (Wildman–Crippen MR) is 96.3 cm³/mol. The molecule has 0 unspecified atom stereocenters. The maximum atomic E-state index is 6.16. The summed E-state index contributed by atoms with van der Waals surface area (Å²) >= 11 is 1.77. The minimum Gasteiger partial charge on any atom is -0.372 e. The fraction of sp³-hybridized carbons (Fsp3) is 0.556. The number of nitrogens with one attached hydrogen (secondary N) is 1. The monoisotopic (exact) mass is 344 g/mol. The Morgan fingerprint density at radius 2 is 2.21 bits per heavy atom. The van der Waals surface area contributed by atoms with Crippen LogP contribution in [0.1, 0.15) is 24.0 Å². The number of hydrogen-bond donors (Lipinski definition) is 1. The van der Waals surface area contributed by atoms with E-state index in [1.807, 2.05) is 19.3 Å². The molecule has 6 heteroatoms. The lowest BCUT2D eigenvalue weighted by Gasteiger charge is -2.50. The van der Waals surface area contributed by atoms with E-state index in [2.05, 4.69) is 37.0 Å². The molecule has 2 fully saturated rings. The summed E-state index contributed by atoms with van der Waals surface area (Å²) in [5.74, 6) is 1.36. The lowest BCUT2D eigenvalue weighted by molar-refractivity contribution is -0.136. The number of likely N-dealkylation sites (tertiary alicyclic amines) is 1. The van der Waals surface area contributed by atoms with Crippen molar-refractivity contribution in [1.82, 2.24) is 14.9 Å². The zero-order chi connectivity index (χ0) is 16.4. The first-order valence-electron chi connectivity index (χ1n) is 8.63. The van der Waals surface area contributed by atoms with Gasteiger partial charge in [-0.05, 0) is 53.6 Å². The second-order valence-electron chi connectivity index (χ2n) is 6.98. The molecular formula is C18H24N4OS. The highest BCUT2D eigenvalue weighted by Gasteiger charge is 2.52. The molecule has 2 aromatic rings. The van der Waals surface area contributed by atoms with Gasteiger partial charge in [-0.25, -0.2) is 9.97 Å². The lowest BCUT2D eigenvalue weighted by atomic mass is 9.79. The molecule has 4 heterocycles. The number of rotatable bonds is 6. The highest BCUT2D eigenvalue weighted by Crippen LogP contribution is 2.42. The molecule has 0 saturated carbocycles. The molecule has 2 aromatic heterocycles. The van der Waals surface area contributed by atoms with Gasteiger partial charge in [0.05, 0.1) is 5.60 Å². The first-order valence-corrected chi connectivity index (χ1v) is 9.58. The van der Waals surface area contributed by atoms with E-state index >= 15 is 0 Å². The topological polar surface area (TPSA) is 50.3 Å². The molecule has 24 heavy (non-hydrogen) atoms. The van der Waals surface area contributed by atoms with Gasteiger partial charge in [0, 0.05) is 45.2 Å². The molecule has 0 aliphatic carbocycles. The van der Waals surface area contributed by atoms with Gasteiger partial charge in [0.1, 0.15) is 0 Å². The summed E-state index contributed by atoms with van der Waals surface area (Å²) in [5.41, 5.74) is 2.60. The van der Waals surface area contributed by atoms with Crippen molar-refractivity contribution in [2.45, 2.75) is 31.9 Å². The summed E-state index contributed by atoms with van der Waals surface area (Å²) in [6.07, 6.45) is 5.99. The molecule has 1 spiro atoms. The number of anilines is 1. The van der Waals surface area contributed by atoms with Gasteiger partial charge < -0.3 is 10.1 Å². The van der Waals surface area contributed by atoms with E-state index in [1.54, 1.807) is 11.3 Å². The Labute approximate surface area is 147 Å².